The lowest BCUT2D eigenvalue weighted by Crippen LogP contribution is -2.23. The van der Waals surface area contributed by atoms with E-state index in [-0.39, 0.29) is 0 Å². The second kappa shape index (κ2) is 6.03. The predicted octanol–water partition coefficient (Wildman–Crippen LogP) is 2.71. The number of anilines is 2. The summed E-state index contributed by atoms with van der Waals surface area (Å²) in [4.78, 5) is 11.2. The zero-order valence-corrected chi connectivity index (χ0v) is 11.7. The van der Waals surface area contributed by atoms with Crippen molar-refractivity contribution in [2.45, 2.75) is 39.5 Å². The maximum Gasteiger partial charge on any atom is 0.137 e. The van der Waals surface area contributed by atoms with Crippen molar-refractivity contribution in [3.8, 4) is 0 Å². The number of aromatic nitrogens is 2. The van der Waals surface area contributed by atoms with Gasteiger partial charge in [0.25, 0.3) is 0 Å². The van der Waals surface area contributed by atoms with Crippen molar-refractivity contribution in [1.29, 1.82) is 0 Å². The first-order chi connectivity index (χ1) is 8.80. The first-order valence-electron chi connectivity index (χ1n) is 7.06. The van der Waals surface area contributed by atoms with Gasteiger partial charge in [-0.05, 0) is 25.2 Å². The van der Waals surface area contributed by atoms with Gasteiger partial charge < -0.3 is 10.2 Å². The smallest absolute Gasteiger partial charge is 0.137 e. The largest absolute Gasteiger partial charge is 0.373 e. The van der Waals surface area contributed by atoms with Crippen LogP contribution in [0, 0.1) is 5.92 Å². The normalized spacial score (nSPS) is 19.3. The molecular formula is C14H24N4. The third-order valence-corrected chi connectivity index (χ3v) is 3.80. The molecule has 1 aromatic heterocycles. The van der Waals surface area contributed by atoms with Gasteiger partial charge in [0, 0.05) is 25.7 Å². The molecule has 0 aliphatic carbocycles. The highest BCUT2D eigenvalue weighted by atomic mass is 15.2. The van der Waals surface area contributed by atoms with Gasteiger partial charge in [0.05, 0.1) is 0 Å². The van der Waals surface area contributed by atoms with E-state index < -0.39 is 0 Å². The quantitative estimate of drug-likeness (QED) is 0.870. The molecule has 1 fully saturated rings. The number of nitrogens with one attached hydrogen (secondary N) is 1. The summed E-state index contributed by atoms with van der Waals surface area (Å²) < 4.78 is 0. The Morgan fingerprint density at radius 1 is 1.39 bits per heavy atom. The molecule has 1 aliphatic rings. The van der Waals surface area contributed by atoms with Crippen LogP contribution in [0.5, 0.6) is 0 Å². The molecule has 0 spiro atoms. The van der Waals surface area contributed by atoms with Crippen LogP contribution in [0.25, 0.3) is 0 Å². The Morgan fingerprint density at radius 2 is 2.22 bits per heavy atom. The molecule has 1 saturated heterocycles. The predicted molar refractivity (Wildman–Crippen MR) is 76.2 cm³/mol. The summed E-state index contributed by atoms with van der Waals surface area (Å²) in [5.41, 5.74) is 1.25. The van der Waals surface area contributed by atoms with E-state index in [0.29, 0.717) is 0 Å². The van der Waals surface area contributed by atoms with Gasteiger partial charge in [-0.3, -0.25) is 0 Å². The van der Waals surface area contributed by atoms with E-state index in [1.807, 2.05) is 7.05 Å². The third kappa shape index (κ3) is 2.57. The molecular weight excluding hydrogens is 224 g/mol. The van der Waals surface area contributed by atoms with Gasteiger partial charge in [0.15, 0.2) is 0 Å². The second-order valence-electron chi connectivity index (χ2n) is 5.02. The first-order valence-corrected chi connectivity index (χ1v) is 7.06. The van der Waals surface area contributed by atoms with Gasteiger partial charge in [-0.15, -0.1) is 0 Å². The van der Waals surface area contributed by atoms with Gasteiger partial charge in [0.1, 0.15) is 18.0 Å². The monoisotopic (exact) mass is 248 g/mol. The minimum Gasteiger partial charge on any atom is -0.373 e. The van der Waals surface area contributed by atoms with Gasteiger partial charge >= 0.3 is 0 Å². The lowest BCUT2D eigenvalue weighted by Gasteiger charge is -2.21. The van der Waals surface area contributed by atoms with Gasteiger partial charge in [-0.25, -0.2) is 9.97 Å². The zero-order chi connectivity index (χ0) is 13.0. The highest BCUT2D eigenvalue weighted by Gasteiger charge is 2.25. The molecule has 18 heavy (non-hydrogen) atoms. The van der Waals surface area contributed by atoms with E-state index in [1.165, 1.54) is 24.8 Å². The molecule has 0 bridgehead atoms. The number of nitrogens with zero attached hydrogens (tertiary/aromatic N) is 3. The Morgan fingerprint density at radius 3 is 2.89 bits per heavy atom. The average molecular weight is 248 g/mol. The van der Waals surface area contributed by atoms with Crippen LogP contribution in [0.1, 0.15) is 38.7 Å². The molecule has 0 saturated carbocycles. The van der Waals surface area contributed by atoms with E-state index in [0.717, 1.165) is 37.1 Å². The summed E-state index contributed by atoms with van der Waals surface area (Å²) in [6.45, 7) is 6.73. The second-order valence-corrected chi connectivity index (χ2v) is 5.02. The van der Waals surface area contributed by atoms with Crippen molar-refractivity contribution in [2.75, 3.05) is 30.4 Å². The summed E-state index contributed by atoms with van der Waals surface area (Å²) in [7, 11) is 1.93. The molecule has 4 heteroatoms. The van der Waals surface area contributed by atoms with Crippen LogP contribution < -0.4 is 10.2 Å². The molecule has 4 nitrogen and oxygen atoms in total. The SMILES string of the molecule is CCCC1CCN(c2ncnc(NC)c2CC)C1. The van der Waals surface area contributed by atoms with E-state index in [2.05, 4.69) is 34.0 Å². The minimum absolute atomic E-state index is 0.840. The Kier molecular flexibility index (Phi) is 4.39. The van der Waals surface area contributed by atoms with Crippen LogP contribution in [0.15, 0.2) is 6.33 Å². The number of hydrogen-bond acceptors (Lipinski definition) is 4. The lowest BCUT2D eigenvalue weighted by atomic mass is 10.0. The minimum atomic E-state index is 0.840. The molecule has 1 atom stereocenters. The van der Waals surface area contributed by atoms with Crippen LogP contribution in [0.4, 0.5) is 11.6 Å². The van der Waals surface area contributed by atoms with Gasteiger partial charge in [0.2, 0.25) is 0 Å². The van der Waals surface area contributed by atoms with Crippen molar-refractivity contribution in [3.05, 3.63) is 11.9 Å². The van der Waals surface area contributed by atoms with Crippen molar-refractivity contribution >= 4 is 11.6 Å². The Balaban J connectivity index is 2.18. The molecule has 1 aliphatic heterocycles. The highest BCUT2D eigenvalue weighted by molar-refractivity contribution is 5.59. The van der Waals surface area contributed by atoms with E-state index >= 15 is 0 Å². The molecule has 0 radical (unpaired) electrons. The fraction of sp³-hybridized carbons (Fsp3) is 0.714. The van der Waals surface area contributed by atoms with Crippen molar-refractivity contribution in [3.63, 3.8) is 0 Å². The Hall–Kier alpha value is -1.32. The zero-order valence-electron chi connectivity index (χ0n) is 11.7. The summed E-state index contributed by atoms with van der Waals surface area (Å²) >= 11 is 0. The van der Waals surface area contributed by atoms with Crippen LogP contribution in [0.3, 0.4) is 0 Å². The molecule has 100 valence electrons. The van der Waals surface area contributed by atoms with E-state index in [9.17, 15) is 0 Å². The maximum absolute atomic E-state index is 4.51. The standard InChI is InChI=1S/C14H24N4/c1-4-6-11-7-8-18(9-11)14-12(5-2)13(15-3)16-10-17-14/h10-11H,4-9H2,1-3H3,(H,15,16,17). The Labute approximate surface area is 110 Å². The van der Waals surface area contributed by atoms with Crippen LogP contribution in [0.2, 0.25) is 0 Å². The molecule has 0 aromatic carbocycles. The average Bonchev–Trinajstić information content (AvgIpc) is 2.86. The maximum atomic E-state index is 4.51. The van der Waals surface area contributed by atoms with Crippen LogP contribution in [-0.2, 0) is 6.42 Å². The van der Waals surface area contributed by atoms with Crippen LogP contribution >= 0.6 is 0 Å². The van der Waals surface area contributed by atoms with Crippen molar-refractivity contribution < 1.29 is 0 Å². The molecule has 2 heterocycles. The summed E-state index contributed by atoms with van der Waals surface area (Å²) in [6.07, 6.45) is 6.57. The van der Waals surface area contributed by atoms with E-state index in [4.69, 9.17) is 0 Å². The van der Waals surface area contributed by atoms with E-state index in [1.54, 1.807) is 6.33 Å². The molecule has 0 amide bonds. The number of hydrogen-bond donors (Lipinski definition) is 1. The highest BCUT2D eigenvalue weighted by Crippen LogP contribution is 2.29. The van der Waals surface area contributed by atoms with Crippen molar-refractivity contribution in [1.82, 2.24) is 9.97 Å². The van der Waals surface area contributed by atoms with Gasteiger partial charge in [-0.2, -0.15) is 0 Å². The molecule has 1 N–H and O–H groups in total. The Bertz CT molecular complexity index is 391. The van der Waals surface area contributed by atoms with Crippen molar-refractivity contribution in [2.24, 2.45) is 5.92 Å². The fourth-order valence-electron chi connectivity index (χ4n) is 2.89. The lowest BCUT2D eigenvalue weighted by molar-refractivity contribution is 0.529. The summed E-state index contributed by atoms with van der Waals surface area (Å²) in [6, 6.07) is 0. The third-order valence-electron chi connectivity index (χ3n) is 3.80. The first kappa shape index (κ1) is 13.1. The fourth-order valence-corrected chi connectivity index (χ4v) is 2.89. The summed E-state index contributed by atoms with van der Waals surface area (Å²) in [5, 5.41) is 3.17. The molecule has 1 unspecified atom stereocenters. The number of rotatable bonds is 5. The van der Waals surface area contributed by atoms with Crippen LogP contribution in [-0.4, -0.2) is 30.1 Å². The molecule has 1 aromatic rings. The van der Waals surface area contributed by atoms with Gasteiger partial charge in [-0.1, -0.05) is 20.3 Å². The molecule has 2 rings (SSSR count). The topological polar surface area (TPSA) is 41.1 Å². The summed E-state index contributed by atoms with van der Waals surface area (Å²) in [5.74, 6) is 2.95.